The van der Waals surface area contributed by atoms with E-state index in [0.717, 1.165) is 42.0 Å². The number of hydrogen-bond donors (Lipinski definition) is 2. The van der Waals surface area contributed by atoms with Crippen LogP contribution in [0.1, 0.15) is 25.3 Å². The number of nitrogens with one attached hydrogen (secondary N) is 1. The molecule has 2 fully saturated rings. The van der Waals surface area contributed by atoms with E-state index in [1.807, 2.05) is 0 Å². The van der Waals surface area contributed by atoms with Gasteiger partial charge in [0.2, 0.25) is 5.91 Å². The van der Waals surface area contributed by atoms with Crippen LogP contribution in [0.5, 0.6) is 0 Å². The van der Waals surface area contributed by atoms with Crippen LogP contribution in [-0.2, 0) is 4.79 Å². The number of aromatic nitrogens is 2. The molecule has 0 spiro atoms. The van der Waals surface area contributed by atoms with E-state index in [9.17, 15) is 9.90 Å². The third-order valence-corrected chi connectivity index (χ3v) is 6.43. The number of carbonyl (C=O) groups excluding carboxylic acids is 1. The van der Waals surface area contributed by atoms with Gasteiger partial charge in [-0.3, -0.25) is 4.79 Å². The first-order valence-electron chi connectivity index (χ1n) is 8.42. The molecule has 7 heteroatoms. The van der Waals surface area contributed by atoms with Crippen molar-refractivity contribution in [3.63, 3.8) is 0 Å². The predicted octanol–water partition coefficient (Wildman–Crippen LogP) is 1.71. The number of nitrogens with zero attached hydrogens (tertiary/aromatic N) is 3. The highest BCUT2D eigenvalue weighted by Gasteiger charge is 2.42. The summed E-state index contributed by atoms with van der Waals surface area (Å²) in [6.45, 7) is 5.43. The number of rotatable bonds is 2. The third-order valence-electron chi connectivity index (χ3n) is 5.34. The summed E-state index contributed by atoms with van der Waals surface area (Å²) < 4.78 is 1.15. The second-order valence-corrected chi connectivity index (χ2v) is 7.94. The van der Waals surface area contributed by atoms with Crippen LogP contribution in [0.4, 0.5) is 5.82 Å². The van der Waals surface area contributed by atoms with Crippen molar-refractivity contribution in [3.05, 3.63) is 17.3 Å². The molecule has 2 aromatic rings. The van der Waals surface area contributed by atoms with Crippen molar-refractivity contribution in [1.82, 2.24) is 15.3 Å². The summed E-state index contributed by atoms with van der Waals surface area (Å²) in [4.78, 5) is 22.6. The highest BCUT2D eigenvalue weighted by Crippen LogP contribution is 2.40. The van der Waals surface area contributed by atoms with E-state index in [4.69, 9.17) is 0 Å². The molecular weight excluding hydrogens is 324 g/mol. The molecular formula is C17H22N4O2S. The number of thiophene rings is 1. The molecule has 1 saturated heterocycles. The van der Waals surface area contributed by atoms with E-state index in [1.54, 1.807) is 17.7 Å². The predicted molar refractivity (Wildman–Crippen MR) is 94.2 cm³/mol. The van der Waals surface area contributed by atoms with E-state index < -0.39 is 6.10 Å². The first kappa shape index (κ1) is 15.8. The fourth-order valence-electron chi connectivity index (χ4n) is 4.20. The van der Waals surface area contributed by atoms with Gasteiger partial charge in [0.1, 0.15) is 12.1 Å². The number of anilines is 1. The molecule has 2 aliphatic rings. The molecule has 0 radical (unpaired) electrons. The third kappa shape index (κ3) is 2.65. The molecule has 4 atom stereocenters. The maximum atomic E-state index is 11.3. The Bertz CT molecular complexity index is 777. The van der Waals surface area contributed by atoms with Crippen LogP contribution in [0.25, 0.3) is 10.2 Å². The van der Waals surface area contributed by atoms with Gasteiger partial charge in [0, 0.05) is 20.0 Å². The molecule has 3 heterocycles. The largest absolute Gasteiger partial charge is 0.391 e. The molecule has 6 nitrogen and oxygen atoms in total. The lowest BCUT2D eigenvalue weighted by Crippen LogP contribution is -2.48. The Labute approximate surface area is 144 Å². The first-order chi connectivity index (χ1) is 11.5. The second kappa shape index (κ2) is 5.97. The van der Waals surface area contributed by atoms with Crippen molar-refractivity contribution in [2.75, 3.05) is 18.0 Å². The Balaban J connectivity index is 1.57. The van der Waals surface area contributed by atoms with E-state index in [-0.39, 0.29) is 11.9 Å². The molecule has 0 unspecified atom stereocenters. The molecule has 0 aromatic carbocycles. The zero-order chi connectivity index (χ0) is 16.8. The monoisotopic (exact) mass is 346 g/mol. The standard InChI is InChI=1S/C17H22N4O2S/c1-9-7-24-16-15(9)18-8-19-17(16)21-5-11-3-13(20-10(2)22)14(23)4-12(11)6-21/h7-8,11-14,23H,3-6H2,1-2H3,(H,20,22)/t11-,12+,13-,14-/m1/s1. The quantitative estimate of drug-likeness (QED) is 0.865. The smallest absolute Gasteiger partial charge is 0.217 e. The van der Waals surface area contributed by atoms with Crippen molar-refractivity contribution in [3.8, 4) is 0 Å². The first-order valence-corrected chi connectivity index (χ1v) is 9.29. The van der Waals surface area contributed by atoms with Crippen LogP contribution in [-0.4, -0.2) is 46.2 Å². The number of carbonyl (C=O) groups is 1. The Morgan fingerprint density at radius 2 is 2.08 bits per heavy atom. The average molecular weight is 346 g/mol. The molecule has 24 heavy (non-hydrogen) atoms. The van der Waals surface area contributed by atoms with Gasteiger partial charge in [-0.25, -0.2) is 9.97 Å². The van der Waals surface area contributed by atoms with E-state index in [2.05, 4.69) is 32.5 Å². The topological polar surface area (TPSA) is 78.4 Å². The number of amides is 1. The zero-order valence-corrected chi connectivity index (χ0v) is 14.7. The van der Waals surface area contributed by atoms with E-state index >= 15 is 0 Å². The number of aryl methyl sites for hydroxylation is 1. The zero-order valence-electron chi connectivity index (χ0n) is 13.9. The van der Waals surface area contributed by atoms with E-state index in [0.29, 0.717) is 11.8 Å². The van der Waals surface area contributed by atoms with Gasteiger partial charge in [-0.2, -0.15) is 0 Å². The maximum Gasteiger partial charge on any atom is 0.217 e. The van der Waals surface area contributed by atoms with Gasteiger partial charge in [-0.1, -0.05) is 0 Å². The summed E-state index contributed by atoms with van der Waals surface area (Å²) in [5.74, 6) is 1.88. The fraction of sp³-hybridized carbons (Fsp3) is 0.588. The van der Waals surface area contributed by atoms with Gasteiger partial charge in [-0.05, 0) is 42.5 Å². The molecule has 1 amide bonds. The van der Waals surface area contributed by atoms with Gasteiger partial charge in [0.25, 0.3) is 0 Å². The van der Waals surface area contributed by atoms with Crippen molar-refractivity contribution >= 4 is 33.3 Å². The Morgan fingerprint density at radius 1 is 1.33 bits per heavy atom. The maximum absolute atomic E-state index is 11.3. The van der Waals surface area contributed by atoms with Gasteiger partial charge in [-0.15, -0.1) is 11.3 Å². The average Bonchev–Trinajstić information content (AvgIpc) is 3.11. The molecule has 2 aromatic heterocycles. The highest BCUT2D eigenvalue weighted by atomic mass is 32.1. The van der Waals surface area contributed by atoms with Gasteiger partial charge in [0.15, 0.2) is 0 Å². The SMILES string of the molecule is CC(=O)N[C@@H]1C[C@@H]2CN(c3ncnc4c(C)csc34)C[C@@H]2C[C@H]1O. The van der Waals surface area contributed by atoms with Crippen LogP contribution in [0, 0.1) is 18.8 Å². The molecule has 1 aliphatic carbocycles. The van der Waals surface area contributed by atoms with Gasteiger partial charge in [0.05, 0.1) is 22.4 Å². The summed E-state index contributed by atoms with van der Waals surface area (Å²) >= 11 is 1.70. The molecule has 0 bridgehead atoms. The molecule has 1 saturated carbocycles. The van der Waals surface area contributed by atoms with Gasteiger partial charge >= 0.3 is 0 Å². The van der Waals surface area contributed by atoms with Crippen LogP contribution in [0.2, 0.25) is 0 Å². The number of fused-ring (bicyclic) bond motifs is 2. The minimum Gasteiger partial charge on any atom is -0.391 e. The van der Waals surface area contributed by atoms with Crippen LogP contribution in [0.3, 0.4) is 0 Å². The molecule has 2 N–H and O–H groups in total. The van der Waals surface area contributed by atoms with Gasteiger partial charge < -0.3 is 15.3 Å². The second-order valence-electron chi connectivity index (χ2n) is 7.06. The lowest BCUT2D eigenvalue weighted by atomic mass is 9.77. The lowest BCUT2D eigenvalue weighted by molar-refractivity contribution is -0.121. The summed E-state index contributed by atoms with van der Waals surface area (Å²) in [5.41, 5.74) is 2.23. The Kier molecular flexibility index (Phi) is 3.92. The molecule has 128 valence electrons. The highest BCUT2D eigenvalue weighted by molar-refractivity contribution is 7.18. The molecule has 1 aliphatic heterocycles. The summed E-state index contributed by atoms with van der Waals surface area (Å²) in [6.07, 6.45) is 2.77. The lowest BCUT2D eigenvalue weighted by Gasteiger charge is -2.35. The van der Waals surface area contributed by atoms with Crippen molar-refractivity contribution in [2.45, 2.75) is 38.8 Å². The van der Waals surface area contributed by atoms with E-state index in [1.165, 1.54) is 12.5 Å². The van der Waals surface area contributed by atoms with Crippen molar-refractivity contribution in [1.29, 1.82) is 0 Å². The summed E-state index contributed by atoms with van der Waals surface area (Å²) in [6, 6.07) is -0.127. The number of hydrogen-bond acceptors (Lipinski definition) is 6. The van der Waals surface area contributed by atoms with Crippen LogP contribution in [0.15, 0.2) is 11.7 Å². The Hall–Kier alpha value is -1.73. The van der Waals surface area contributed by atoms with Crippen molar-refractivity contribution in [2.24, 2.45) is 11.8 Å². The number of aliphatic hydroxyl groups is 1. The number of aliphatic hydroxyl groups excluding tert-OH is 1. The van der Waals surface area contributed by atoms with Crippen molar-refractivity contribution < 1.29 is 9.90 Å². The summed E-state index contributed by atoms with van der Waals surface area (Å²) in [7, 11) is 0. The fourth-order valence-corrected chi connectivity index (χ4v) is 5.22. The normalized spacial score (nSPS) is 29.7. The molecule has 4 rings (SSSR count). The Morgan fingerprint density at radius 3 is 2.83 bits per heavy atom. The van der Waals surface area contributed by atoms with Crippen LogP contribution < -0.4 is 10.2 Å². The minimum atomic E-state index is -0.454. The summed E-state index contributed by atoms with van der Waals surface area (Å²) in [5, 5.41) is 15.4. The minimum absolute atomic E-state index is 0.0704. The van der Waals surface area contributed by atoms with Crippen LogP contribution >= 0.6 is 11.3 Å².